The van der Waals surface area contributed by atoms with E-state index in [0.29, 0.717) is 0 Å². The van der Waals surface area contributed by atoms with Crippen LogP contribution >= 0.6 is 11.3 Å². The Bertz CT molecular complexity index is 554. The predicted molar refractivity (Wildman–Crippen MR) is 77.9 cm³/mol. The van der Waals surface area contributed by atoms with E-state index in [4.69, 9.17) is 15.2 Å². The second-order valence-corrected chi connectivity index (χ2v) is 5.04. The van der Waals surface area contributed by atoms with Gasteiger partial charge in [0.2, 0.25) is 0 Å². The Morgan fingerprint density at radius 3 is 2.74 bits per heavy atom. The van der Waals surface area contributed by atoms with E-state index in [1.54, 1.807) is 25.6 Å². The Kier molecular flexibility index (Phi) is 4.39. The smallest absolute Gasteiger partial charge is 0.131 e. The second kappa shape index (κ2) is 6.04. The molecular weight excluding hydrogens is 260 g/mol. The molecule has 5 heteroatoms. The highest BCUT2D eigenvalue weighted by atomic mass is 32.1. The summed E-state index contributed by atoms with van der Waals surface area (Å²) in [6.45, 7) is 2.06. The minimum absolute atomic E-state index is 0.00277. The topological polar surface area (TPSA) is 57.4 Å². The summed E-state index contributed by atoms with van der Waals surface area (Å²) < 4.78 is 10.6. The van der Waals surface area contributed by atoms with Crippen LogP contribution in [-0.4, -0.2) is 19.2 Å². The summed E-state index contributed by atoms with van der Waals surface area (Å²) >= 11 is 1.58. The average Bonchev–Trinajstić information content (AvgIpc) is 2.95. The number of hydrogen-bond donors (Lipinski definition) is 1. The molecule has 102 valence electrons. The lowest BCUT2D eigenvalue weighted by atomic mass is 10.1. The second-order valence-electron chi connectivity index (χ2n) is 4.15. The van der Waals surface area contributed by atoms with Gasteiger partial charge in [-0.15, -0.1) is 11.3 Å². The van der Waals surface area contributed by atoms with Gasteiger partial charge in [-0.1, -0.05) is 6.92 Å². The highest BCUT2D eigenvalue weighted by molar-refractivity contribution is 7.10. The van der Waals surface area contributed by atoms with Gasteiger partial charge in [-0.2, -0.15) is 0 Å². The van der Waals surface area contributed by atoms with Crippen LogP contribution in [0.15, 0.2) is 23.6 Å². The summed E-state index contributed by atoms with van der Waals surface area (Å²) in [6.07, 6.45) is 0.882. The average molecular weight is 278 g/mol. The van der Waals surface area contributed by atoms with E-state index in [9.17, 15) is 0 Å². The summed E-state index contributed by atoms with van der Waals surface area (Å²) in [4.78, 5) is 4.59. The first-order valence-corrected chi connectivity index (χ1v) is 7.01. The molecule has 0 aliphatic carbocycles. The number of aromatic nitrogens is 1. The Labute approximate surface area is 117 Å². The first-order chi connectivity index (χ1) is 9.19. The predicted octanol–water partition coefficient (Wildman–Crippen LogP) is 3.24. The molecule has 0 radical (unpaired) electrons. The minimum atomic E-state index is 0.00277. The maximum Gasteiger partial charge on any atom is 0.131 e. The minimum Gasteiger partial charge on any atom is -0.497 e. The Morgan fingerprint density at radius 1 is 1.32 bits per heavy atom. The molecular formula is C14H18N2O2S. The number of hydrogen-bond acceptors (Lipinski definition) is 5. The highest BCUT2D eigenvalue weighted by Crippen LogP contribution is 2.34. The fourth-order valence-corrected chi connectivity index (χ4v) is 2.67. The molecule has 2 aromatic rings. The molecule has 0 bridgehead atoms. The Morgan fingerprint density at radius 2 is 2.11 bits per heavy atom. The molecule has 1 aromatic carbocycles. The van der Waals surface area contributed by atoms with Crippen molar-refractivity contribution in [3.63, 3.8) is 0 Å². The molecule has 2 rings (SSSR count). The standard InChI is InChI=1S/C14H18N2O2S/c1-4-11(15)14-16-12(8-19-14)10-6-5-9(17-2)7-13(10)18-3/h5-8,11H,4,15H2,1-3H3. The molecule has 1 aromatic heterocycles. The zero-order valence-corrected chi connectivity index (χ0v) is 12.2. The highest BCUT2D eigenvalue weighted by Gasteiger charge is 2.13. The largest absolute Gasteiger partial charge is 0.497 e. The van der Waals surface area contributed by atoms with Gasteiger partial charge in [-0.3, -0.25) is 0 Å². The number of methoxy groups -OCH3 is 2. The third-order valence-corrected chi connectivity index (χ3v) is 3.94. The Hall–Kier alpha value is -1.59. The third kappa shape index (κ3) is 2.88. The van der Waals surface area contributed by atoms with Gasteiger partial charge in [0, 0.05) is 17.0 Å². The van der Waals surface area contributed by atoms with Crippen LogP contribution in [0.1, 0.15) is 24.4 Å². The molecule has 4 nitrogen and oxygen atoms in total. The van der Waals surface area contributed by atoms with Crippen LogP contribution in [0.3, 0.4) is 0 Å². The van der Waals surface area contributed by atoms with Crippen LogP contribution in [0.2, 0.25) is 0 Å². The summed E-state index contributed by atoms with van der Waals surface area (Å²) in [5, 5.41) is 2.96. The van der Waals surface area contributed by atoms with Crippen LogP contribution in [0.5, 0.6) is 11.5 Å². The first-order valence-electron chi connectivity index (χ1n) is 6.13. The lowest BCUT2D eigenvalue weighted by Crippen LogP contribution is -2.07. The van der Waals surface area contributed by atoms with E-state index in [1.165, 1.54) is 0 Å². The van der Waals surface area contributed by atoms with Gasteiger partial charge in [0.05, 0.1) is 26.0 Å². The van der Waals surface area contributed by atoms with Crippen molar-refractivity contribution >= 4 is 11.3 Å². The normalized spacial score (nSPS) is 12.2. The van der Waals surface area contributed by atoms with Crippen molar-refractivity contribution < 1.29 is 9.47 Å². The van der Waals surface area contributed by atoms with Crippen molar-refractivity contribution in [1.29, 1.82) is 0 Å². The SMILES string of the molecule is CCC(N)c1nc(-c2ccc(OC)cc2OC)cs1. The number of thiazole rings is 1. The van der Waals surface area contributed by atoms with Crippen LogP contribution in [0.25, 0.3) is 11.3 Å². The molecule has 0 aliphatic heterocycles. The van der Waals surface area contributed by atoms with Gasteiger partial charge in [0.15, 0.2) is 0 Å². The molecule has 0 saturated carbocycles. The monoisotopic (exact) mass is 278 g/mol. The van der Waals surface area contributed by atoms with Crippen LogP contribution in [0.4, 0.5) is 0 Å². The van der Waals surface area contributed by atoms with Crippen molar-refractivity contribution in [3.8, 4) is 22.8 Å². The molecule has 0 aliphatic rings. The summed E-state index contributed by atoms with van der Waals surface area (Å²) in [7, 11) is 3.28. The lowest BCUT2D eigenvalue weighted by molar-refractivity contribution is 0.395. The maximum absolute atomic E-state index is 6.00. The van der Waals surface area contributed by atoms with Crippen LogP contribution in [0, 0.1) is 0 Å². The van der Waals surface area contributed by atoms with E-state index in [2.05, 4.69) is 11.9 Å². The quantitative estimate of drug-likeness (QED) is 0.912. The molecule has 0 fully saturated rings. The summed E-state index contributed by atoms with van der Waals surface area (Å²) in [5.74, 6) is 1.52. The molecule has 0 spiro atoms. The van der Waals surface area contributed by atoms with Crippen molar-refractivity contribution in [1.82, 2.24) is 4.98 Å². The number of rotatable bonds is 5. The van der Waals surface area contributed by atoms with Gasteiger partial charge < -0.3 is 15.2 Å². The fraction of sp³-hybridized carbons (Fsp3) is 0.357. The molecule has 19 heavy (non-hydrogen) atoms. The molecule has 1 heterocycles. The first kappa shape index (κ1) is 13.8. The van der Waals surface area contributed by atoms with Crippen molar-refractivity contribution in [3.05, 3.63) is 28.6 Å². The zero-order chi connectivity index (χ0) is 13.8. The maximum atomic E-state index is 6.00. The fourth-order valence-electron chi connectivity index (χ4n) is 1.77. The van der Waals surface area contributed by atoms with Crippen LogP contribution in [-0.2, 0) is 0 Å². The van der Waals surface area contributed by atoms with Gasteiger partial charge in [0.25, 0.3) is 0 Å². The van der Waals surface area contributed by atoms with E-state index < -0.39 is 0 Å². The van der Waals surface area contributed by atoms with Gasteiger partial charge in [-0.05, 0) is 18.6 Å². The lowest BCUT2D eigenvalue weighted by Gasteiger charge is -2.08. The molecule has 0 amide bonds. The van der Waals surface area contributed by atoms with Crippen LogP contribution < -0.4 is 15.2 Å². The van der Waals surface area contributed by atoms with Gasteiger partial charge in [0.1, 0.15) is 16.5 Å². The zero-order valence-electron chi connectivity index (χ0n) is 11.3. The molecule has 0 saturated heterocycles. The van der Waals surface area contributed by atoms with E-state index >= 15 is 0 Å². The summed E-state index contributed by atoms with van der Waals surface area (Å²) in [5.41, 5.74) is 7.84. The number of nitrogens with zero attached hydrogens (tertiary/aromatic N) is 1. The van der Waals surface area contributed by atoms with Crippen molar-refractivity contribution in [2.45, 2.75) is 19.4 Å². The van der Waals surface area contributed by atoms with Crippen molar-refractivity contribution in [2.75, 3.05) is 14.2 Å². The Balaban J connectivity index is 2.38. The van der Waals surface area contributed by atoms with E-state index in [1.807, 2.05) is 23.6 Å². The molecule has 1 atom stereocenters. The molecule has 2 N–H and O–H groups in total. The number of nitrogens with two attached hydrogens (primary N) is 1. The van der Waals surface area contributed by atoms with Gasteiger partial charge in [-0.25, -0.2) is 4.98 Å². The number of benzene rings is 1. The molecule has 1 unspecified atom stereocenters. The van der Waals surface area contributed by atoms with Crippen molar-refractivity contribution in [2.24, 2.45) is 5.73 Å². The van der Waals surface area contributed by atoms with Gasteiger partial charge >= 0.3 is 0 Å². The third-order valence-electron chi connectivity index (χ3n) is 2.96. The van der Waals surface area contributed by atoms with E-state index in [0.717, 1.165) is 34.2 Å². The summed E-state index contributed by atoms with van der Waals surface area (Å²) in [6, 6.07) is 5.71. The van der Waals surface area contributed by atoms with E-state index in [-0.39, 0.29) is 6.04 Å². The number of ether oxygens (including phenoxy) is 2.